The monoisotopic (exact) mass is 377 g/mol. The molecule has 8 nitrogen and oxygen atoms in total. The molecule has 1 heterocycles. The van der Waals surface area contributed by atoms with Gasteiger partial charge in [0, 0.05) is 0 Å². The first-order valence-corrected chi connectivity index (χ1v) is 9.05. The Bertz CT molecular complexity index is 650. The van der Waals surface area contributed by atoms with Crippen LogP contribution in [0.1, 0.15) is 32.3 Å². The van der Waals surface area contributed by atoms with Crippen molar-refractivity contribution >= 4 is 17.9 Å². The Morgan fingerprint density at radius 1 is 1.33 bits per heavy atom. The van der Waals surface area contributed by atoms with Gasteiger partial charge in [0.1, 0.15) is 12.6 Å². The van der Waals surface area contributed by atoms with Crippen LogP contribution in [0.4, 0.5) is 4.79 Å². The molecule has 0 saturated heterocycles. The minimum atomic E-state index is -0.692. The summed E-state index contributed by atoms with van der Waals surface area (Å²) in [4.78, 5) is 29.9. The van der Waals surface area contributed by atoms with Gasteiger partial charge in [-0.3, -0.25) is 4.79 Å². The maximum atomic E-state index is 12.6. The first-order chi connectivity index (χ1) is 13.0. The van der Waals surface area contributed by atoms with Gasteiger partial charge in [-0.15, -0.1) is 0 Å². The number of amides is 2. The fraction of sp³-hybridized carbons (Fsp3) is 0.526. The van der Waals surface area contributed by atoms with E-state index in [4.69, 9.17) is 14.3 Å². The Morgan fingerprint density at radius 3 is 2.70 bits per heavy atom. The van der Waals surface area contributed by atoms with Crippen molar-refractivity contribution in [2.24, 2.45) is 11.1 Å². The summed E-state index contributed by atoms with van der Waals surface area (Å²) < 4.78 is 10.2. The highest BCUT2D eigenvalue weighted by Crippen LogP contribution is 2.12. The molecule has 8 heteroatoms. The number of hydrogen-bond donors (Lipinski definition) is 2. The van der Waals surface area contributed by atoms with Gasteiger partial charge in [0.05, 0.1) is 20.1 Å². The minimum Gasteiger partial charge on any atom is -0.482 e. The molecule has 0 spiro atoms. The van der Waals surface area contributed by atoms with Crippen molar-refractivity contribution in [3.63, 3.8) is 0 Å². The molecular formula is C19H27N3O5. The molecule has 0 fully saturated rings. The van der Waals surface area contributed by atoms with Crippen molar-refractivity contribution in [2.75, 3.05) is 13.7 Å². The molecule has 2 rings (SSSR count). The van der Waals surface area contributed by atoms with Gasteiger partial charge in [-0.2, -0.15) is 0 Å². The lowest BCUT2D eigenvalue weighted by Crippen LogP contribution is -2.51. The standard InChI is InChI=1S/C19H27N3O5/c1-4-13(2)17(18(23)20-11-15-10-16(25-3)22-27-15)21-19(24)26-12-14-8-6-5-7-9-14/h5-9,13,15,17H,4,10-12H2,1-3H3,(H,20,23)(H,21,24)/t13-,15?,17-/m0/s1. The highest BCUT2D eigenvalue weighted by Gasteiger charge is 2.28. The summed E-state index contributed by atoms with van der Waals surface area (Å²) in [6.07, 6.45) is 0.332. The van der Waals surface area contributed by atoms with E-state index in [9.17, 15) is 9.59 Å². The summed E-state index contributed by atoms with van der Waals surface area (Å²) in [5.74, 6) is 0.162. The molecule has 0 bridgehead atoms. The average molecular weight is 377 g/mol. The number of carbonyl (C=O) groups excluding carboxylic acids is 2. The van der Waals surface area contributed by atoms with Crippen molar-refractivity contribution in [1.82, 2.24) is 10.6 Å². The van der Waals surface area contributed by atoms with E-state index in [0.717, 1.165) is 12.0 Å². The van der Waals surface area contributed by atoms with Gasteiger partial charge in [0.2, 0.25) is 11.8 Å². The number of oxime groups is 1. The van der Waals surface area contributed by atoms with E-state index in [1.807, 2.05) is 44.2 Å². The molecule has 0 radical (unpaired) electrons. The fourth-order valence-electron chi connectivity index (χ4n) is 2.55. The molecule has 2 amide bonds. The SMILES string of the molecule is CC[C@H](C)[C@H](NC(=O)OCc1ccccc1)C(=O)NCC1CC(OC)=NO1. The molecule has 1 aromatic rings. The van der Waals surface area contributed by atoms with Gasteiger partial charge in [0.25, 0.3) is 0 Å². The van der Waals surface area contributed by atoms with Crippen LogP contribution in [0.15, 0.2) is 35.5 Å². The molecule has 0 saturated carbocycles. The van der Waals surface area contributed by atoms with Crippen LogP contribution >= 0.6 is 0 Å². The number of hydrogen-bond acceptors (Lipinski definition) is 6. The maximum Gasteiger partial charge on any atom is 0.408 e. The number of rotatable bonds is 8. The van der Waals surface area contributed by atoms with Crippen LogP contribution in [-0.2, 0) is 25.7 Å². The van der Waals surface area contributed by atoms with E-state index in [1.54, 1.807) is 0 Å². The Balaban J connectivity index is 1.82. The third-order valence-corrected chi connectivity index (χ3v) is 4.43. The van der Waals surface area contributed by atoms with E-state index in [2.05, 4.69) is 15.8 Å². The number of carbonyl (C=O) groups is 2. The summed E-state index contributed by atoms with van der Waals surface area (Å²) >= 11 is 0. The summed E-state index contributed by atoms with van der Waals surface area (Å²) in [6.45, 7) is 4.29. The molecule has 2 N–H and O–H groups in total. The first-order valence-electron chi connectivity index (χ1n) is 9.05. The van der Waals surface area contributed by atoms with Crippen LogP contribution in [-0.4, -0.2) is 43.7 Å². The summed E-state index contributed by atoms with van der Waals surface area (Å²) in [7, 11) is 1.52. The number of benzene rings is 1. The van der Waals surface area contributed by atoms with Crippen LogP contribution in [0.25, 0.3) is 0 Å². The zero-order valence-corrected chi connectivity index (χ0v) is 15.9. The molecule has 1 aromatic carbocycles. The number of nitrogens with zero attached hydrogens (tertiary/aromatic N) is 1. The lowest BCUT2D eigenvalue weighted by Gasteiger charge is -2.23. The van der Waals surface area contributed by atoms with E-state index in [-0.39, 0.29) is 31.1 Å². The zero-order chi connectivity index (χ0) is 19.6. The predicted molar refractivity (Wildman–Crippen MR) is 99.9 cm³/mol. The van der Waals surface area contributed by atoms with Gasteiger partial charge in [-0.25, -0.2) is 4.79 Å². The van der Waals surface area contributed by atoms with Crippen molar-refractivity contribution in [3.05, 3.63) is 35.9 Å². The van der Waals surface area contributed by atoms with Crippen LogP contribution in [0.2, 0.25) is 0 Å². The smallest absolute Gasteiger partial charge is 0.408 e. The quantitative estimate of drug-likeness (QED) is 0.724. The average Bonchev–Trinajstić information content (AvgIpc) is 3.17. The summed E-state index contributed by atoms with van der Waals surface area (Å²) in [5, 5.41) is 9.23. The van der Waals surface area contributed by atoms with Crippen LogP contribution in [0, 0.1) is 5.92 Å². The van der Waals surface area contributed by atoms with E-state index in [0.29, 0.717) is 12.3 Å². The first kappa shape index (κ1) is 20.5. The van der Waals surface area contributed by atoms with Crippen LogP contribution in [0.5, 0.6) is 0 Å². The Hall–Kier alpha value is -2.77. The topological polar surface area (TPSA) is 98.2 Å². The van der Waals surface area contributed by atoms with Crippen molar-refractivity contribution < 1.29 is 23.9 Å². The van der Waals surface area contributed by atoms with Gasteiger partial charge in [0.15, 0.2) is 6.10 Å². The van der Waals surface area contributed by atoms with E-state index >= 15 is 0 Å². The van der Waals surface area contributed by atoms with Crippen molar-refractivity contribution in [2.45, 2.75) is 45.4 Å². The number of nitrogens with one attached hydrogen (secondary N) is 2. The fourth-order valence-corrected chi connectivity index (χ4v) is 2.55. The third-order valence-electron chi connectivity index (χ3n) is 4.43. The minimum absolute atomic E-state index is 0.0513. The van der Waals surface area contributed by atoms with Crippen LogP contribution in [0.3, 0.4) is 0 Å². The molecule has 1 aliphatic heterocycles. The second-order valence-electron chi connectivity index (χ2n) is 6.44. The van der Waals surface area contributed by atoms with Crippen LogP contribution < -0.4 is 10.6 Å². The molecule has 1 aliphatic rings. The second-order valence-corrected chi connectivity index (χ2v) is 6.44. The third kappa shape index (κ3) is 6.47. The second kappa shape index (κ2) is 10.4. The Kier molecular flexibility index (Phi) is 7.91. The zero-order valence-electron chi connectivity index (χ0n) is 15.9. The normalized spacial score (nSPS) is 17.9. The summed E-state index contributed by atoms with van der Waals surface area (Å²) in [5.41, 5.74) is 0.879. The molecule has 148 valence electrons. The number of alkyl carbamates (subject to hydrolysis) is 1. The van der Waals surface area contributed by atoms with Gasteiger partial charge in [-0.1, -0.05) is 55.8 Å². The molecule has 1 unspecified atom stereocenters. The van der Waals surface area contributed by atoms with Gasteiger partial charge in [-0.05, 0) is 11.5 Å². The maximum absolute atomic E-state index is 12.6. The van der Waals surface area contributed by atoms with E-state index in [1.165, 1.54) is 7.11 Å². The van der Waals surface area contributed by atoms with E-state index < -0.39 is 12.1 Å². The summed E-state index contributed by atoms with van der Waals surface area (Å²) in [6, 6.07) is 8.67. The van der Waals surface area contributed by atoms with Gasteiger partial charge < -0.3 is 24.9 Å². The Labute approximate surface area is 159 Å². The molecular weight excluding hydrogens is 350 g/mol. The Morgan fingerprint density at radius 2 is 2.07 bits per heavy atom. The number of methoxy groups -OCH3 is 1. The molecule has 3 atom stereocenters. The highest BCUT2D eigenvalue weighted by atomic mass is 16.7. The predicted octanol–water partition coefficient (Wildman–Crippen LogP) is 2.19. The lowest BCUT2D eigenvalue weighted by molar-refractivity contribution is -0.124. The molecule has 0 aliphatic carbocycles. The lowest BCUT2D eigenvalue weighted by atomic mass is 9.98. The number of ether oxygens (including phenoxy) is 2. The molecule has 27 heavy (non-hydrogen) atoms. The largest absolute Gasteiger partial charge is 0.482 e. The highest BCUT2D eigenvalue weighted by molar-refractivity contribution is 5.86. The van der Waals surface area contributed by atoms with Gasteiger partial charge >= 0.3 is 6.09 Å². The van der Waals surface area contributed by atoms with Crippen molar-refractivity contribution in [1.29, 1.82) is 0 Å². The van der Waals surface area contributed by atoms with Crippen molar-refractivity contribution in [3.8, 4) is 0 Å². The molecule has 0 aromatic heterocycles.